The zero-order valence-corrected chi connectivity index (χ0v) is 15.2. The van der Waals surface area contributed by atoms with Gasteiger partial charge >= 0.3 is 11.7 Å². The molecular formula is C20H22N4O3. The topological polar surface area (TPSA) is 80.2 Å². The van der Waals surface area contributed by atoms with Crippen LogP contribution in [0, 0.1) is 0 Å². The lowest BCUT2D eigenvalue weighted by atomic mass is 10.0. The van der Waals surface area contributed by atoms with E-state index in [1.54, 1.807) is 19.2 Å². The summed E-state index contributed by atoms with van der Waals surface area (Å²) >= 11 is 0. The fraction of sp³-hybridized carbons (Fsp3) is 0.350. The van der Waals surface area contributed by atoms with Crippen LogP contribution >= 0.6 is 0 Å². The van der Waals surface area contributed by atoms with Crippen molar-refractivity contribution in [3.05, 3.63) is 58.6 Å². The molecule has 1 aromatic carbocycles. The van der Waals surface area contributed by atoms with Crippen molar-refractivity contribution < 1.29 is 9.53 Å². The number of carbonyl (C=O) groups excluding carboxylic acids is 1. The number of aromatic amines is 1. The first-order chi connectivity index (χ1) is 13.2. The summed E-state index contributed by atoms with van der Waals surface area (Å²) in [5, 5.41) is 0. The van der Waals surface area contributed by atoms with Gasteiger partial charge in [-0.1, -0.05) is 12.1 Å². The molecule has 1 aliphatic heterocycles. The van der Waals surface area contributed by atoms with Gasteiger partial charge in [0.2, 0.25) is 0 Å². The standard InChI is InChI=1S/C20H22N4O3/c1-2-27-19(25)14-7-8-18(21-13-14)23-11-9-15(10-12-23)24-17-6-4-3-5-16(17)22-20(24)26/h3-8,13,15H,2,9-12H2,1H3,(H,22,26). The van der Waals surface area contributed by atoms with Crippen LogP contribution in [0.1, 0.15) is 36.2 Å². The lowest BCUT2D eigenvalue weighted by Crippen LogP contribution is -2.37. The van der Waals surface area contributed by atoms with Crippen molar-refractivity contribution >= 4 is 22.8 Å². The van der Waals surface area contributed by atoms with E-state index in [2.05, 4.69) is 14.9 Å². The molecular weight excluding hydrogens is 344 g/mol. The molecule has 0 bridgehead atoms. The molecule has 1 aliphatic rings. The van der Waals surface area contributed by atoms with Crippen LogP contribution < -0.4 is 10.6 Å². The van der Waals surface area contributed by atoms with Crippen molar-refractivity contribution in [2.75, 3.05) is 24.6 Å². The Morgan fingerprint density at radius 3 is 2.70 bits per heavy atom. The molecule has 3 heterocycles. The molecule has 4 rings (SSSR count). The maximum atomic E-state index is 12.4. The van der Waals surface area contributed by atoms with Crippen LogP contribution in [-0.2, 0) is 4.74 Å². The maximum absolute atomic E-state index is 12.4. The van der Waals surface area contributed by atoms with E-state index in [0.29, 0.717) is 12.2 Å². The van der Waals surface area contributed by atoms with Gasteiger partial charge in [0.1, 0.15) is 5.82 Å². The molecule has 1 saturated heterocycles. The summed E-state index contributed by atoms with van der Waals surface area (Å²) in [6, 6.07) is 11.6. The largest absolute Gasteiger partial charge is 0.462 e. The number of anilines is 1. The first-order valence-electron chi connectivity index (χ1n) is 9.24. The van der Waals surface area contributed by atoms with Gasteiger partial charge in [-0.15, -0.1) is 0 Å². The molecule has 0 radical (unpaired) electrons. The third kappa shape index (κ3) is 3.32. The quantitative estimate of drug-likeness (QED) is 0.718. The normalized spacial score (nSPS) is 15.2. The van der Waals surface area contributed by atoms with E-state index in [1.807, 2.05) is 34.9 Å². The number of carbonyl (C=O) groups is 1. The third-order valence-electron chi connectivity index (χ3n) is 5.04. The highest BCUT2D eigenvalue weighted by Gasteiger charge is 2.24. The van der Waals surface area contributed by atoms with Crippen molar-refractivity contribution in [1.82, 2.24) is 14.5 Å². The summed E-state index contributed by atoms with van der Waals surface area (Å²) in [4.78, 5) is 33.6. The number of piperidine rings is 1. The lowest BCUT2D eigenvalue weighted by Gasteiger charge is -2.33. The number of aromatic nitrogens is 3. The number of hydrogen-bond acceptors (Lipinski definition) is 5. The minimum atomic E-state index is -0.353. The summed E-state index contributed by atoms with van der Waals surface area (Å²) in [5.74, 6) is 0.488. The van der Waals surface area contributed by atoms with Crippen LogP contribution in [0.4, 0.5) is 5.82 Å². The number of rotatable bonds is 4. The Morgan fingerprint density at radius 2 is 2.00 bits per heavy atom. The zero-order chi connectivity index (χ0) is 18.8. The highest BCUT2D eigenvalue weighted by Crippen LogP contribution is 2.27. The SMILES string of the molecule is CCOC(=O)c1ccc(N2CCC(n3c(=O)[nH]c4ccccc43)CC2)nc1. The molecule has 0 unspecified atom stereocenters. The number of ether oxygens (including phenoxy) is 1. The monoisotopic (exact) mass is 366 g/mol. The molecule has 0 amide bonds. The van der Waals surface area contributed by atoms with Crippen molar-refractivity contribution in [2.45, 2.75) is 25.8 Å². The Bertz CT molecular complexity index is 998. The minimum Gasteiger partial charge on any atom is -0.462 e. The number of nitrogens with zero attached hydrogens (tertiary/aromatic N) is 3. The van der Waals surface area contributed by atoms with Crippen molar-refractivity contribution in [3.8, 4) is 0 Å². The predicted molar refractivity (Wildman–Crippen MR) is 103 cm³/mol. The van der Waals surface area contributed by atoms with Crippen molar-refractivity contribution in [3.63, 3.8) is 0 Å². The zero-order valence-electron chi connectivity index (χ0n) is 15.2. The van der Waals surface area contributed by atoms with Gasteiger partial charge in [0.25, 0.3) is 0 Å². The van der Waals surface area contributed by atoms with E-state index in [1.165, 1.54) is 0 Å². The van der Waals surface area contributed by atoms with E-state index < -0.39 is 0 Å². The molecule has 1 fully saturated rings. The smallest absolute Gasteiger partial charge is 0.339 e. The molecule has 0 spiro atoms. The first kappa shape index (κ1) is 17.3. The minimum absolute atomic E-state index is 0.0495. The van der Waals surface area contributed by atoms with Crippen molar-refractivity contribution in [1.29, 1.82) is 0 Å². The van der Waals surface area contributed by atoms with Gasteiger partial charge in [0.15, 0.2) is 0 Å². The summed E-state index contributed by atoms with van der Waals surface area (Å²) < 4.78 is 6.87. The molecule has 0 atom stereocenters. The lowest BCUT2D eigenvalue weighted by molar-refractivity contribution is 0.0526. The van der Waals surface area contributed by atoms with E-state index in [4.69, 9.17) is 4.74 Å². The van der Waals surface area contributed by atoms with E-state index in [-0.39, 0.29) is 17.7 Å². The second kappa shape index (κ2) is 7.26. The highest BCUT2D eigenvalue weighted by molar-refractivity contribution is 5.89. The summed E-state index contributed by atoms with van der Waals surface area (Å²) in [6.07, 6.45) is 3.29. The van der Waals surface area contributed by atoms with Gasteiger partial charge in [-0.3, -0.25) is 4.57 Å². The van der Waals surface area contributed by atoms with Gasteiger partial charge < -0.3 is 14.6 Å². The number of imidazole rings is 1. The molecule has 0 aliphatic carbocycles. The number of para-hydroxylation sites is 2. The molecule has 0 saturated carbocycles. The fourth-order valence-electron chi connectivity index (χ4n) is 3.70. The van der Waals surface area contributed by atoms with E-state index in [0.717, 1.165) is 42.8 Å². The van der Waals surface area contributed by atoms with Crippen molar-refractivity contribution in [2.24, 2.45) is 0 Å². The number of benzene rings is 1. The molecule has 3 aromatic rings. The summed E-state index contributed by atoms with van der Waals surface area (Å²) in [5.41, 5.74) is 2.24. The average Bonchev–Trinajstić information content (AvgIpc) is 3.04. The van der Waals surface area contributed by atoms with Crippen LogP contribution in [0.25, 0.3) is 11.0 Å². The number of nitrogens with one attached hydrogen (secondary N) is 1. The number of esters is 1. The molecule has 2 aromatic heterocycles. The van der Waals surface area contributed by atoms with Gasteiger partial charge in [-0.05, 0) is 44.0 Å². The number of pyridine rings is 1. The van der Waals surface area contributed by atoms with E-state index >= 15 is 0 Å². The van der Waals surface area contributed by atoms with Gasteiger partial charge in [0, 0.05) is 25.3 Å². The molecule has 7 heteroatoms. The molecule has 27 heavy (non-hydrogen) atoms. The Hall–Kier alpha value is -3.09. The third-order valence-corrected chi connectivity index (χ3v) is 5.04. The second-order valence-electron chi connectivity index (χ2n) is 6.66. The first-order valence-corrected chi connectivity index (χ1v) is 9.24. The second-order valence-corrected chi connectivity index (χ2v) is 6.66. The number of H-pyrrole nitrogens is 1. The summed E-state index contributed by atoms with van der Waals surface area (Å²) in [6.45, 7) is 3.74. The van der Waals surface area contributed by atoms with Crippen LogP contribution in [0.5, 0.6) is 0 Å². The Labute approximate surface area is 156 Å². The highest BCUT2D eigenvalue weighted by atomic mass is 16.5. The van der Waals surface area contributed by atoms with Crippen LogP contribution in [-0.4, -0.2) is 40.2 Å². The van der Waals surface area contributed by atoms with Crippen LogP contribution in [0.3, 0.4) is 0 Å². The Balaban J connectivity index is 1.46. The van der Waals surface area contributed by atoms with Gasteiger partial charge in [-0.25, -0.2) is 14.6 Å². The fourth-order valence-corrected chi connectivity index (χ4v) is 3.70. The average molecular weight is 366 g/mol. The van der Waals surface area contributed by atoms with Crippen LogP contribution in [0.15, 0.2) is 47.4 Å². The maximum Gasteiger partial charge on any atom is 0.339 e. The Kier molecular flexibility index (Phi) is 4.66. The summed E-state index contributed by atoms with van der Waals surface area (Å²) in [7, 11) is 0. The number of hydrogen-bond donors (Lipinski definition) is 1. The number of fused-ring (bicyclic) bond motifs is 1. The van der Waals surface area contributed by atoms with Crippen LogP contribution in [0.2, 0.25) is 0 Å². The Morgan fingerprint density at radius 1 is 1.22 bits per heavy atom. The molecule has 7 nitrogen and oxygen atoms in total. The van der Waals surface area contributed by atoms with E-state index in [9.17, 15) is 9.59 Å². The predicted octanol–water partition coefficient (Wildman–Crippen LogP) is 2.74. The molecule has 1 N–H and O–H groups in total. The van der Waals surface area contributed by atoms with Gasteiger partial charge in [-0.2, -0.15) is 0 Å². The van der Waals surface area contributed by atoms with Gasteiger partial charge in [0.05, 0.1) is 23.2 Å². The molecule has 140 valence electrons.